The first-order valence-electron chi connectivity index (χ1n) is 10.2. The van der Waals surface area contributed by atoms with E-state index in [0.717, 1.165) is 18.9 Å². The highest BCUT2D eigenvalue weighted by molar-refractivity contribution is 6.33. The number of hydrogen-bond acceptors (Lipinski definition) is 6. The highest BCUT2D eigenvalue weighted by atomic mass is 35.5. The van der Waals surface area contributed by atoms with Crippen LogP contribution in [0.15, 0.2) is 17.7 Å². The Bertz CT molecular complexity index is 982. The number of aldehydes is 1. The number of rotatable bonds is 3. The summed E-state index contributed by atoms with van der Waals surface area (Å²) in [6.45, 7) is 7.84. The van der Waals surface area contributed by atoms with Gasteiger partial charge in [-0.2, -0.15) is 0 Å². The summed E-state index contributed by atoms with van der Waals surface area (Å²) in [6.07, 6.45) is 3.90. The fourth-order valence-electron chi connectivity index (χ4n) is 6.18. The van der Waals surface area contributed by atoms with E-state index in [1.165, 1.54) is 6.92 Å². The summed E-state index contributed by atoms with van der Waals surface area (Å²) in [4.78, 5) is 24.7. The van der Waals surface area contributed by atoms with Gasteiger partial charge in [0, 0.05) is 17.1 Å². The average Bonchev–Trinajstić information content (AvgIpc) is 2.97. The zero-order valence-electron chi connectivity index (χ0n) is 17.5. The number of benzene rings is 1. The molecule has 0 aromatic heterocycles. The summed E-state index contributed by atoms with van der Waals surface area (Å²) in [5.74, 6) is -1.25. The molecule has 2 saturated carbocycles. The second-order valence-corrected chi connectivity index (χ2v) is 10.5. The monoisotopic (exact) mass is 434 g/mol. The van der Waals surface area contributed by atoms with Crippen molar-refractivity contribution in [1.82, 2.24) is 0 Å². The molecule has 4 rings (SSSR count). The predicted octanol–water partition coefficient (Wildman–Crippen LogP) is 3.92. The molecule has 0 heterocycles. The van der Waals surface area contributed by atoms with E-state index < -0.39 is 28.8 Å². The van der Waals surface area contributed by atoms with Crippen molar-refractivity contribution < 1.29 is 29.6 Å². The Morgan fingerprint density at radius 3 is 2.50 bits per heavy atom. The topological polar surface area (TPSA) is 104 Å². The summed E-state index contributed by atoms with van der Waals surface area (Å²) in [5.41, 5.74) is -1.76. The average molecular weight is 435 g/mol. The number of phenolic OH excluding ortho intramolecular Hbond substituents is 2. The number of carbonyl (C=O) groups is 2. The van der Waals surface area contributed by atoms with Gasteiger partial charge in [0.1, 0.15) is 35.1 Å². The molecule has 3 aliphatic carbocycles. The quantitative estimate of drug-likeness (QED) is 0.492. The third kappa shape index (κ3) is 2.66. The minimum Gasteiger partial charge on any atom is -0.507 e. The van der Waals surface area contributed by atoms with E-state index in [1.807, 2.05) is 13.0 Å². The minimum absolute atomic E-state index is 0.0564. The van der Waals surface area contributed by atoms with Crippen LogP contribution in [0.1, 0.15) is 56.0 Å². The number of ether oxygens (including phenoxy) is 1. The van der Waals surface area contributed by atoms with Gasteiger partial charge in [-0.05, 0) is 49.0 Å². The summed E-state index contributed by atoms with van der Waals surface area (Å²) < 4.78 is 5.61. The van der Waals surface area contributed by atoms with E-state index in [1.54, 1.807) is 0 Å². The van der Waals surface area contributed by atoms with Crippen LogP contribution in [0.4, 0.5) is 0 Å². The molecule has 2 fully saturated rings. The van der Waals surface area contributed by atoms with Crippen molar-refractivity contribution in [2.45, 2.75) is 58.7 Å². The zero-order chi connectivity index (χ0) is 22.2. The van der Waals surface area contributed by atoms with Crippen LogP contribution in [0, 0.1) is 29.6 Å². The number of aromatic hydroxyl groups is 2. The van der Waals surface area contributed by atoms with Crippen molar-refractivity contribution in [3.8, 4) is 11.5 Å². The minimum atomic E-state index is -1.57. The maximum Gasteiger partial charge on any atom is 0.342 e. The molecule has 0 saturated heterocycles. The van der Waals surface area contributed by atoms with Gasteiger partial charge in [0.2, 0.25) is 0 Å². The van der Waals surface area contributed by atoms with Crippen LogP contribution >= 0.6 is 11.6 Å². The molecular formula is C23H27ClO6. The summed E-state index contributed by atoms with van der Waals surface area (Å²) in [7, 11) is 0. The lowest BCUT2D eigenvalue weighted by Gasteiger charge is -2.64. The Hall–Kier alpha value is -2.05. The van der Waals surface area contributed by atoms with E-state index in [0.29, 0.717) is 12.7 Å². The van der Waals surface area contributed by atoms with Crippen LogP contribution in [0.2, 0.25) is 5.02 Å². The first-order chi connectivity index (χ1) is 13.9. The van der Waals surface area contributed by atoms with Gasteiger partial charge in [0.15, 0.2) is 0 Å². The molecule has 0 radical (unpaired) electrons. The van der Waals surface area contributed by atoms with Crippen molar-refractivity contribution in [2.24, 2.45) is 22.7 Å². The maximum atomic E-state index is 12.9. The molecule has 1 aromatic rings. The van der Waals surface area contributed by atoms with Crippen LogP contribution in [-0.4, -0.2) is 39.3 Å². The van der Waals surface area contributed by atoms with Gasteiger partial charge in [-0.15, -0.1) is 0 Å². The van der Waals surface area contributed by atoms with Crippen LogP contribution in [-0.2, 0) is 9.53 Å². The van der Waals surface area contributed by atoms with Gasteiger partial charge in [-0.25, -0.2) is 4.79 Å². The standard InChI is InChI=1S/C23H27ClO6/c1-11-18(15(26)6-16(27)19(11)24)20(28)30-17-9-22(4)14-8-21(2,3)7-12(14)5-13(10-25)23(17,22)29/h5-6,10,12,14,17,26-27,29H,7-9H2,1-4H3/t12-,14+,17-,22-,23+/m1/s1. The molecule has 0 amide bonds. The predicted molar refractivity (Wildman–Crippen MR) is 111 cm³/mol. The highest BCUT2D eigenvalue weighted by Crippen LogP contribution is 2.68. The number of esters is 1. The first kappa shape index (κ1) is 21.2. The van der Waals surface area contributed by atoms with Crippen LogP contribution < -0.4 is 0 Å². The Labute approximate surface area is 180 Å². The molecule has 3 aliphatic rings. The fraction of sp³-hybridized carbons (Fsp3) is 0.565. The van der Waals surface area contributed by atoms with Crippen LogP contribution in [0.5, 0.6) is 11.5 Å². The number of phenols is 2. The SMILES string of the molecule is Cc1c(Cl)c(O)cc(O)c1C(=O)O[C@@H]1C[C@]2(C)[C@H]3CC(C)(C)C[C@H]3C=C(C=O)[C@]12O. The lowest BCUT2D eigenvalue weighted by Crippen LogP contribution is -2.72. The van der Waals surface area contributed by atoms with Crippen molar-refractivity contribution in [2.75, 3.05) is 0 Å². The maximum absolute atomic E-state index is 12.9. The Morgan fingerprint density at radius 1 is 1.20 bits per heavy atom. The third-order valence-electron chi connectivity index (χ3n) is 7.71. The Kier molecular flexibility index (Phi) is 4.57. The highest BCUT2D eigenvalue weighted by Gasteiger charge is 2.72. The number of hydrogen-bond donors (Lipinski definition) is 3. The summed E-state index contributed by atoms with van der Waals surface area (Å²) in [5, 5.41) is 31.5. The number of allylic oxidation sites excluding steroid dienone is 1. The van der Waals surface area contributed by atoms with Crippen molar-refractivity contribution >= 4 is 23.9 Å². The normalized spacial score (nSPS) is 36.2. The molecule has 162 valence electrons. The van der Waals surface area contributed by atoms with E-state index in [9.17, 15) is 24.9 Å². The van der Waals surface area contributed by atoms with Gasteiger partial charge in [0.05, 0.1) is 5.02 Å². The summed E-state index contributed by atoms with van der Waals surface area (Å²) in [6, 6.07) is 0.980. The molecule has 0 aliphatic heterocycles. The summed E-state index contributed by atoms with van der Waals surface area (Å²) >= 11 is 6.00. The van der Waals surface area contributed by atoms with Crippen LogP contribution in [0.3, 0.4) is 0 Å². The number of carbonyl (C=O) groups excluding carboxylic acids is 2. The van der Waals surface area contributed by atoms with E-state index in [2.05, 4.69) is 13.8 Å². The van der Waals surface area contributed by atoms with E-state index in [4.69, 9.17) is 16.3 Å². The lowest BCUT2D eigenvalue weighted by atomic mass is 9.44. The fourth-order valence-corrected chi connectivity index (χ4v) is 6.33. The number of fused-ring (bicyclic) bond motifs is 3. The van der Waals surface area contributed by atoms with Crippen molar-refractivity contribution in [3.05, 3.63) is 33.9 Å². The lowest BCUT2D eigenvalue weighted by molar-refractivity contribution is -0.246. The molecule has 3 N–H and O–H groups in total. The molecule has 1 aromatic carbocycles. The molecule has 5 atom stereocenters. The number of aliphatic hydroxyl groups is 1. The number of halogens is 1. The largest absolute Gasteiger partial charge is 0.507 e. The molecule has 30 heavy (non-hydrogen) atoms. The molecule has 0 unspecified atom stereocenters. The molecule has 7 heteroatoms. The first-order valence-corrected chi connectivity index (χ1v) is 10.6. The van der Waals surface area contributed by atoms with Gasteiger partial charge < -0.3 is 20.1 Å². The van der Waals surface area contributed by atoms with Gasteiger partial charge in [-0.3, -0.25) is 4.79 Å². The third-order valence-corrected chi connectivity index (χ3v) is 8.19. The second-order valence-electron chi connectivity index (χ2n) is 10.1. The molecular weight excluding hydrogens is 408 g/mol. The van der Waals surface area contributed by atoms with Gasteiger partial charge >= 0.3 is 5.97 Å². The van der Waals surface area contributed by atoms with Crippen molar-refractivity contribution in [3.63, 3.8) is 0 Å². The molecule has 6 nitrogen and oxygen atoms in total. The van der Waals surface area contributed by atoms with Gasteiger partial charge in [0.25, 0.3) is 0 Å². The Morgan fingerprint density at radius 2 is 1.87 bits per heavy atom. The van der Waals surface area contributed by atoms with Crippen molar-refractivity contribution in [1.29, 1.82) is 0 Å². The van der Waals surface area contributed by atoms with Crippen LogP contribution in [0.25, 0.3) is 0 Å². The molecule has 0 bridgehead atoms. The zero-order valence-corrected chi connectivity index (χ0v) is 18.3. The van der Waals surface area contributed by atoms with Gasteiger partial charge in [-0.1, -0.05) is 38.4 Å². The smallest absolute Gasteiger partial charge is 0.342 e. The second kappa shape index (κ2) is 6.47. The van der Waals surface area contributed by atoms with E-state index >= 15 is 0 Å². The molecule has 0 spiro atoms. The Balaban J connectivity index is 1.66. The van der Waals surface area contributed by atoms with E-state index in [-0.39, 0.29) is 44.7 Å².